The molecule has 1 aliphatic rings. The van der Waals surface area contributed by atoms with Crippen LogP contribution in [-0.4, -0.2) is 36.1 Å². The van der Waals surface area contributed by atoms with Gasteiger partial charge >= 0.3 is 0 Å². The molecule has 1 atom stereocenters. The Morgan fingerprint density at radius 3 is 2.50 bits per heavy atom. The van der Waals surface area contributed by atoms with Crippen LogP contribution in [0, 0.1) is 12.3 Å². The van der Waals surface area contributed by atoms with Gasteiger partial charge in [0.2, 0.25) is 0 Å². The number of nitrogens with one attached hydrogen (secondary N) is 1. The van der Waals surface area contributed by atoms with E-state index in [1.54, 1.807) is 0 Å². The van der Waals surface area contributed by atoms with Crippen LogP contribution in [-0.2, 0) is 0 Å². The second-order valence-corrected chi connectivity index (χ2v) is 5.95. The Hall–Kier alpha value is -0.520. The molecule has 0 spiro atoms. The fourth-order valence-electron chi connectivity index (χ4n) is 2.94. The van der Waals surface area contributed by atoms with E-state index in [-0.39, 0.29) is 5.54 Å². The van der Waals surface area contributed by atoms with E-state index in [0.29, 0.717) is 6.04 Å². The summed E-state index contributed by atoms with van der Waals surface area (Å²) in [6.07, 6.45) is 12.7. The Balaban J connectivity index is 2.63. The van der Waals surface area contributed by atoms with Gasteiger partial charge < -0.3 is 5.32 Å². The predicted molar refractivity (Wildman–Crippen MR) is 79.7 cm³/mol. The van der Waals surface area contributed by atoms with Crippen molar-refractivity contribution in [2.45, 2.75) is 70.9 Å². The topological polar surface area (TPSA) is 15.3 Å². The van der Waals surface area contributed by atoms with Gasteiger partial charge in [-0.3, -0.25) is 4.90 Å². The zero-order chi connectivity index (χ0) is 13.4. The molecular formula is C16H30N2. The fourth-order valence-corrected chi connectivity index (χ4v) is 2.94. The second kappa shape index (κ2) is 7.81. The number of piperidine rings is 1. The molecule has 2 heteroatoms. The van der Waals surface area contributed by atoms with Crippen molar-refractivity contribution in [1.29, 1.82) is 0 Å². The average molecular weight is 250 g/mol. The highest BCUT2D eigenvalue weighted by atomic mass is 15.2. The third-order valence-electron chi connectivity index (χ3n) is 4.24. The fraction of sp³-hybridized carbons (Fsp3) is 0.875. The SMILES string of the molecule is C#CCCC(NCCC)C(C)(C)N1CCCCC1. The van der Waals surface area contributed by atoms with E-state index in [1.165, 1.54) is 38.8 Å². The molecule has 1 unspecified atom stereocenters. The van der Waals surface area contributed by atoms with E-state index in [2.05, 4.69) is 36.9 Å². The molecule has 1 fully saturated rings. The number of likely N-dealkylation sites (tertiary alicyclic amines) is 1. The lowest BCUT2D eigenvalue weighted by Crippen LogP contribution is -2.59. The van der Waals surface area contributed by atoms with Crippen molar-refractivity contribution < 1.29 is 0 Å². The molecule has 0 amide bonds. The first-order chi connectivity index (χ1) is 8.62. The summed E-state index contributed by atoms with van der Waals surface area (Å²) in [6, 6.07) is 0.506. The molecule has 1 N–H and O–H groups in total. The van der Waals surface area contributed by atoms with Gasteiger partial charge in [-0.25, -0.2) is 0 Å². The van der Waals surface area contributed by atoms with Crippen LogP contribution in [0.15, 0.2) is 0 Å². The minimum atomic E-state index is 0.215. The van der Waals surface area contributed by atoms with Gasteiger partial charge in [0.05, 0.1) is 0 Å². The van der Waals surface area contributed by atoms with Gasteiger partial charge in [0, 0.05) is 18.0 Å². The quantitative estimate of drug-likeness (QED) is 0.699. The lowest BCUT2D eigenvalue weighted by atomic mass is 9.87. The molecule has 0 saturated carbocycles. The molecule has 18 heavy (non-hydrogen) atoms. The highest BCUT2D eigenvalue weighted by Gasteiger charge is 2.34. The predicted octanol–water partition coefficient (Wildman–Crippen LogP) is 3.03. The van der Waals surface area contributed by atoms with E-state index < -0.39 is 0 Å². The standard InChI is InChI=1S/C16H30N2/c1-5-7-11-15(17-12-6-2)16(3,4)18-13-9-8-10-14-18/h1,15,17H,6-14H2,2-4H3. The minimum absolute atomic E-state index is 0.215. The molecule has 0 aromatic rings. The molecule has 1 saturated heterocycles. The Labute approximate surface area is 114 Å². The third kappa shape index (κ3) is 4.30. The van der Waals surface area contributed by atoms with E-state index in [9.17, 15) is 0 Å². The number of rotatable bonds is 7. The van der Waals surface area contributed by atoms with Crippen molar-refractivity contribution in [1.82, 2.24) is 10.2 Å². The minimum Gasteiger partial charge on any atom is -0.312 e. The van der Waals surface area contributed by atoms with Gasteiger partial charge in [-0.05, 0) is 59.2 Å². The van der Waals surface area contributed by atoms with Gasteiger partial charge in [-0.1, -0.05) is 13.3 Å². The lowest BCUT2D eigenvalue weighted by Gasteiger charge is -2.46. The first-order valence-electron chi connectivity index (χ1n) is 7.54. The summed E-state index contributed by atoms with van der Waals surface area (Å²) in [6.45, 7) is 10.6. The maximum atomic E-state index is 5.44. The molecule has 0 bridgehead atoms. The second-order valence-electron chi connectivity index (χ2n) is 5.95. The number of nitrogens with zero attached hydrogens (tertiary/aromatic N) is 1. The van der Waals surface area contributed by atoms with Gasteiger partial charge in [0.15, 0.2) is 0 Å². The Bertz CT molecular complexity index is 259. The number of terminal acetylenes is 1. The summed E-state index contributed by atoms with van der Waals surface area (Å²) in [7, 11) is 0. The molecule has 1 heterocycles. The van der Waals surface area contributed by atoms with Crippen LogP contribution in [0.2, 0.25) is 0 Å². The normalized spacial score (nSPS) is 19.4. The molecule has 1 rings (SSSR count). The lowest BCUT2D eigenvalue weighted by molar-refractivity contribution is 0.0587. The zero-order valence-electron chi connectivity index (χ0n) is 12.5. The smallest absolute Gasteiger partial charge is 0.0306 e. The molecule has 1 aliphatic heterocycles. The Morgan fingerprint density at radius 2 is 1.94 bits per heavy atom. The summed E-state index contributed by atoms with van der Waals surface area (Å²) in [4.78, 5) is 2.65. The number of hydrogen-bond donors (Lipinski definition) is 1. The molecule has 0 aliphatic carbocycles. The van der Waals surface area contributed by atoms with Gasteiger partial charge in [-0.15, -0.1) is 12.3 Å². The third-order valence-corrected chi connectivity index (χ3v) is 4.24. The van der Waals surface area contributed by atoms with Crippen molar-refractivity contribution in [3.63, 3.8) is 0 Å². The van der Waals surface area contributed by atoms with E-state index in [4.69, 9.17) is 6.42 Å². The Kier molecular flexibility index (Phi) is 6.75. The summed E-state index contributed by atoms with van der Waals surface area (Å²) >= 11 is 0. The monoisotopic (exact) mass is 250 g/mol. The molecular weight excluding hydrogens is 220 g/mol. The average Bonchev–Trinajstić information content (AvgIpc) is 2.39. The Morgan fingerprint density at radius 1 is 1.28 bits per heavy atom. The first kappa shape index (κ1) is 15.5. The summed E-state index contributed by atoms with van der Waals surface area (Å²) < 4.78 is 0. The van der Waals surface area contributed by atoms with Crippen molar-refractivity contribution >= 4 is 0 Å². The van der Waals surface area contributed by atoms with Crippen molar-refractivity contribution in [3.05, 3.63) is 0 Å². The van der Waals surface area contributed by atoms with Crippen molar-refractivity contribution in [2.75, 3.05) is 19.6 Å². The molecule has 2 nitrogen and oxygen atoms in total. The van der Waals surface area contributed by atoms with Crippen LogP contribution in [0.4, 0.5) is 0 Å². The van der Waals surface area contributed by atoms with Crippen molar-refractivity contribution in [2.24, 2.45) is 0 Å². The van der Waals surface area contributed by atoms with Crippen LogP contribution < -0.4 is 5.32 Å². The number of hydrogen-bond acceptors (Lipinski definition) is 2. The largest absolute Gasteiger partial charge is 0.312 e. The molecule has 0 aromatic carbocycles. The highest BCUT2D eigenvalue weighted by Crippen LogP contribution is 2.26. The van der Waals surface area contributed by atoms with Crippen LogP contribution in [0.1, 0.15) is 59.3 Å². The van der Waals surface area contributed by atoms with E-state index in [1.807, 2.05) is 0 Å². The summed E-state index contributed by atoms with van der Waals surface area (Å²) in [5.74, 6) is 2.79. The van der Waals surface area contributed by atoms with Crippen LogP contribution in [0.5, 0.6) is 0 Å². The van der Waals surface area contributed by atoms with Crippen molar-refractivity contribution in [3.8, 4) is 12.3 Å². The molecule has 104 valence electrons. The van der Waals surface area contributed by atoms with Gasteiger partial charge in [0.1, 0.15) is 0 Å². The van der Waals surface area contributed by atoms with E-state index in [0.717, 1.165) is 19.4 Å². The van der Waals surface area contributed by atoms with Gasteiger partial charge in [0.25, 0.3) is 0 Å². The molecule has 0 aromatic heterocycles. The summed E-state index contributed by atoms with van der Waals surface area (Å²) in [5.41, 5.74) is 0.215. The molecule has 0 radical (unpaired) electrons. The summed E-state index contributed by atoms with van der Waals surface area (Å²) in [5, 5.41) is 3.70. The van der Waals surface area contributed by atoms with Crippen LogP contribution in [0.25, 0.3) is 0 Å². The first-order valence-corrected chi connectivity index (χ1v) is 7.54. The van der Waals surface area contributed by atoms with E-state index >= 15 is 0 Å². The maximum absolute atomic E-state index is 5.44. The highest BCUT2D eigenvalue weighted by molar-refractivity contribution is 4.97. The van der Waals surface area contributed by atoms with Crippen LogP contribution in [0.3, 0.4) is 0 Å². The maximum Gasteiger partial charge on any atom is 0.0306 e. The van der Waals surface area contributed by atoms with Crippen LogP contribution >= 0.6 is 0 Å². The van der Waals surface area contributed by atoms with Gasteiger partial charge in [-0.2, -0.15) is 0 Å². The zero-order valence-corrected chi connectivity index (χ0v) is 12.5.